The minimum atomic E-state index is -0.109. The van der Waals surface area contributed by atoms with Crippen LogP contribution in [0.4, 0.5) is 5.69 Å². The highest BCUT2D eigenvalue weighted by Gasteiger charge is 2.33. The number of thioether (sulfide) groups is 1. The average molecular weight is 499 g/mol. The Balaban J connectivity index is 1.93. The van der Waals surface area contributed by atoms with Gasteiger partial charge in [0.05, 0.1) is 26.1 Å². The Hall–Kier alpha value is -1.15. The van der Waals surface area contributed by atoms with Crippen molar-refractivity contribution in [1.29, 1.82) is 0 Å². The molecule has 1 aliphatic heterocycles. The number of ether oxygens (including phenoxy) is 1. The zero-order valence-electron chi connectivity index (χ0n) is 13.2. The molecule has 0 atom stereocenters. The van der Waals surface area contributed by atoms with Gasteiger partial charge in [0.2, 0.25) is 0 Å². The monoisotopic (exact) mass is 497 g/mol. The molecule has 0 spiro atoms. The third-order valence-corrected chi connectivity index (χ3v) is 5.90. The molecule has 0 aliphatic carbocycles. The van der Waals surface area contributed by atoms with Crippen molar-refractivity contribution >= 4 is 77.8 Å². The van der Waals surface area contributed by atoms with E-state index in [1.807, 2.05) is 55.5 Å². The molecule has 3 nitrogen and oxygen atoms in total. The summed E-state index contributed by atoms with van der Waals surface area (Å²) in [4.78, 5) is 14.9. The molecule has 1 amide bonds. The Bertz CT molecular complexity index is 846. The van der Waals surface area contributed by atoms with Gasteiger partial charge in [0.25, 0.3) is 5.91 Å². The van der Waals surface area contributed by atoms with Gasteiger partial charge in [0.15, 0.2) is 4.32 Å². The Labute approximate surface area is 172 Å². The van der Waals surface area contributed by atoms with Crippen molar-refractivity contribution in [3.8, 4) is 5.75 Å². The van der Waals surface area contributed by atoms with Crippen LogP contribution in [0, 0.1) is 0 Å². The molecule has 0 bridgehead atoms. The zero-order valence-corrected chi connectivity index (χ0v) is 18.0. The van der Waals surface area contributed by atoms with E-state index < -0.39 is 0 Å². The maximum atomic E-state index is 12.8. The van der Waals surface area contributed by atoms with Crippen molar-refractivity contribution in [2.24, 2.45) is 0 Å². The molecule has 0 radical (unpaired) electrons. The second-order valence-electron chi connectivity index (χ2n) is 5.10. The number of carbonyl (C=O) groups is 1. The van der Waals surface area contributed by atoms with Crippen LogP contribution in [-0.4, -0.2) is 16.8 Å². The second kappa shape index (κ2) is 8.03. The Kier molecular flexibility index (Phi) is 5.99. The third-order valence-electron chi connectivity index (χ3n) is 3.42. The SMILES string of the molecule is CCOc1c(Br)cc(C=C2SC(=S)N(c3ccccc3)C2=O)cc1Br. The lowest BCUT2D eigenvalue weighted by Gasteiger charge is -2.13. The lowest BCUT2D eigenvalue weighted by molar-refractivity contribution is -0.113. The summed E-state index contributed by atoms with van der Waals surface area (Å²) in [7, 11) is 0. The van der Waals surface area contributed by atoms with Gasteiger partial charge < -0.3 is 4.74 Å². The van der Waals surface area contributed by atoms with Crippen LogP contribution in [-0.2, 0) is 4.79 Å². The second-order valence-corrected chi connectivity index (χ2v) is 8.48. The summed E-state index contributed by atoms with van der Waals surface area (Å²) < 4.78 is 7.78. The van der Waals surface area contributed by atoms with Crippen LogP contribution in [0.2, 0.25) is 0 Å². The molecule has 1 heterocycles. The van der Waals surface area contributed by atoms with Gasteiger partial charge in [0.1, 0.15) is 5.75 Å². The summed E-state index contributed by atoms with van der Waals surface area (Å²) in [5.41, 5.74) is 1.67. The number of hydrogen-bond donors (Lipinski definition) is 0. The van der Waals surface area contributed by atoms with Gasteiger partial charge in [-0.15, -0.1) is 0 Å². The highest BCUT2D eigenvalue weighted by Crippen LogP contribution is 2.39. The topological polar surface area (TPSA) is 29.5 Å². The fraction of sp³-hybridized carbons (Fsp3) is 0.111. The van der Waals surface area contributed by atoms with E-state index in [-0.39, 0.29) is 5.91 Å². The van der Waals surface area contributed by atoms with Crippen LogP contribution >= 0.6 is 55.8 Å². The maximum Gasteiger partial charge on any atom is 0.270 e. The molecule has 7 heteroatoms. The Morgan fingerprint density at radius 2 is 1.84 bits per heavy atom. The summed E-state index contributed by atoms with van der Waals surface area (Å²) >= 11 is 13.7. The highest BCUT2D eigenvalue weighted by molar-refractivity contribution is 9.11. The van der Waals surface area contributed by atoms with Gasteiger partial charge in [-0.3, -0.25) is 9.69 Å². The Morgan fingerprint density at radius 3 is 2.44 bits per heavy atom. The number of rotatable bonds is 4. The van der Waals surface area contributed by atoms with Crippen molar-refractivity contribution in [2.45, 2.75) is 6.92 Å². The number of nitrogens with zero attached hydrogens (tertiary/aromatic N) is 1. The molecule has 1 saturated heterocycles. The van der Waals surface area contributed by atoms with Crippen LogP contribution in [0.1, 0.15) is 12.5 Å². The van der Waals surface area contributed by atoms with Gasteiger partial charge in [-0.05, 0) is 74.7 Å². The van der Waals surface area contributed by atoms with E-state index in [4.69, 9.17) is 17.0 Å². The first kappa shape index (κ1) is 18.6. The summed E-state index contributed by atoms with van der Waals surface area (Å²) in [6, 6.07) is 13.3. The van der Waals surface area contributed by atoms with Crippen molar-refractivity contribution < 1.29 is 9.53 Å². The number of benzene rings is 2. The predicted octanol–water partition coefficient (Wildman–Crippen LogP) is 6.02. The number of carbonyl (C=O) groups excluding carboxylic acids is 1. The molecule has 0 aromatic heterocycles. The molecular formula is C18H13Br2NO2S2. The molecule has 0 N–H and O–H groups in total. The van der Waals surface area contributed by atoms with Crippen molar-refractivity contribution in [1.82, 2.24) is 0 Å². The number of amides is 1. The lowest BCUT2D eigenvalue weighted by Crippen LogP contribution is -2.27. The average Bonchev–Trinajstić information content (AvgIpc) is 2.85. The van der Waals surface area contributed by atoms with E-state index in [0.717, 1.165) is 25.9 Å². The number of thiocarbonyl (C=S) groups is 1. The van der Waals surface area contributed by atoms with Crippen molar-refractivity contribution in [3.05, 3.63) is 61.9 Å². The molecule has 1 aliphatic rings. The molecule has 1 fully saturated rings. The van der Waals surface area contributed by atoms with E-state index in [1.54, 1.807) is 4.90 Å². The van der Waals surface area contributed by atoms with Gasteiger partial charge >= 0.3 is 0 Å². The van der Waals surface area contributed by atoms with E-state index in [0.29, 0.717) is 15.8 Å². The quantitative estimate of drug-likeness (QED) is 0.381. The number of anilines is 1. The molecule has 2 aromatic carbocycles. The van der Waals surface area contributed by atoms with E-state index in [1.165, 1.54) is 11.8 Å². The fourth-order valence-corrected chi connectivity index (χ4v) is 5.11. The van der Waals surface area contributed by atoms with Crippen LogP contribution in [0.5, 0.6) is 5.75 Å². The van der Waals surface area contributed by atoms with Gasteiger partial charge in [-0.1, -0.05) is 42.2 Å². The number of hydrogen-bond acceptors (Lipinski definition) is 4. The first-order chi connectivity index (χ1) is 12.0. The van der Waals surface area contributed by atoms with Crippen LogP contribution < -0.4 is 9.64 Å². The van der Waals surface area contributed by atoms with E-state index in [9.17, 15) is 4.79 Å². The predicted molar refractivity (Wildman–Crippen MR) is 115 cm³/mol. The van der Waals surface area contributed by atoms with Crippen LogP contribution in [0.3, 0.4) is 0 Å². The summed E-state index contributed by atoms with van der Waals surface area (Å²) in [6.45, 7) is 2.51. The van der Waals surface area contributed by atoms with Crippen LogP contribution in [0.25, 0.3) is 6.08 Å². The number of halogens is 2. The first-order valence-electron chi connectivity index (χ1n) is 7.46. The minimum Gasteiger partial charge on any atom is -0.492 e. The van der Waals surface area contributed by atoms with Gasteiger partial charge in [0, 0.05) is 0 Å². The van der Waals surface area contributed by atoms with E-state index >= 15 is 0 Å². The maximum absolute atomic E-state index is 12.8. The molecular weight excluding hydrogens is 486 g/mol. The van der Waals surface area contributed by atoms with Gasteiger partial charge in [-0.25, -0.2) is 0 Å². The largest absolute Gasteiger partial charge is 0.492 e. The smallest absolute Gasteiger partial charge is 0.270 e. The minimum absolute atomic E-state index is 0.109. The highest BCUT2D eigenvalue weighted by atomic mass is 79.9. The number of para-hydroxylation sites is 1. The van der Waals surface area contributed by atoms with Gasteiger partial charge in [-0.2, -0.15) is 0 Å². The third kappa shape index (κ3) is 4.00. The summed E-state index contributed by atoms with van der Waals surface area (Å²) in [5, 5.41) is 0. The normalized spacial score (nSPS) is 16.0. The first-order valence-corrected chi connectivity index (χ1v) is 10.3. The molecule has 3 rings (SSSR count). The molecule has 128 valence electrons. The van der Waals surface area contributed by atoms with Crippen LogP contribution in [0.15, 0.2) is 56.3 Å². The molecule has 0 saturated carbocycles. The molecule has 25 heavy (non-hydrogen) atoms. The fourth-order valence-electron chi connectivity index (χ4n) is 2.36. The zero-order chi connectivity index (χ0) is 18.0. The lowest BCUT2D eigenvalue weighted by atomic mass is 10.2. The van der Waals surface area contributed by atoms with Crippen molar-refractivity contribution in [3.63, 3.8) is 0 Å². The Morgan fingerprint density at radius 1 is 1.20 bits per heavy atom. The van der Waals surface area contributed by atoms with E-state index in [2.05, 4.69) is 31.9 Å². The summed E-state index contributed by atoms with van der Waals surface area (Å²) in [5.74, 6) is 0.638. The standard InChI is InChI=1S/C18H13Br2NO2S2/c1-2-23-16-13(19)8-11(9-14(16)20)10-15-17(22)21(18(24)25-15)12-6-4-3-5-7-12/h3-10H,2H2,1H3. The van der Waals surface area contributed by atoms with Crippen molar-refractivity contribution in [2.75, 3.05) is 11.5 Å². The summed E-state index contributed by atoms with van der Waals surface area (Å²) in [6.07, 6.45) is 1.84. The molecule has 2 aromatic rings. The molecule has 0 unspecified atom stereocenters.